The number of carboxylic acid groups (broad SMARTS) is 1. The number of carbonyl (C=O) groups is 1. The summed E-state index contributed by atoms with van der Waals surface area (Å²) >= 11 is 3.14. The highest BCUT2D eigenvalue weighted by atomic mass is 79.9. The molecule has 0 bridgehead atoms. The summed E-state index contributed by atoms with van der Waals surface area (Å²) < 4.78 is 27.4. The average Bonchev–Trinajstić information content (AvgIpc) is 2.35. The molecule has 7 heteroatoms. The first kappa shape index (κ1) is 16.1. The maximum absolute atomic E-state index is 12.2. The predicted octanol–water partition coefficient (Wildman–Crippen LogP) is 2.61. The standard InChI is InChI=1S/C12H16BrNO4S/c1-3-9(4-2)14-19(17,18)11-7-8(12(15)16)5-6-10(11)13/h5-7,9,14H,3-4H2,1-2H3,(H,15,16). The molecule has 0 spiro atoms. The van der Waals surface area contributed by atoms with Crippen molar-refractivity contribution in [2.45, 2.75) is 37.6 Å². The van der Waals surface area contributed by atoms with E-state index < -0.39 is 16.0 Å². The molecule has 0 heterocycles. The van der Waals surface area contributed by atoms with Gasteiger partial charge in [-0.2, -0.15) is 0 Å². The van der Waals surface area contributed by atoms with Gasteiger partial charge in [-0.3, -0.25) is 0 Å². The third-order valence-electron chi connectivity index (χ3n) is 2.78. The summed E-state index contributed by atoms with van der Waals surface area (Å²) in [6.07, 6.45) is 1.35. The van der Waals surface area contributed by atoms with Crippen LogP contribution in [0, 0.1) is 0 Å². The Labute approximate surface area is 121 Å². The van der Waals surface area contributed by atoms with Crippen LogP contribution in [-0.2, 0) is 10.0 Å². The lowest BCUT2D eigenvalue weighted by molar-refractivity contribution is 0.0696. The number of rotatable bonds is 6. The van der Waals surface area contributed by atoms with Crippen LogP contribution >= 0.6 is 15.9 Å². The second-order valence-electron chi connectivity index (χ2n) is 4.09. The summed E-state index contributed by atoms with van der Waals surface area (Å²) in [5.74, 6) is -1.16. The molecule has 0 aliphatic rings. The molecular weight excluding hydrogens is 334 g/mol. The number of nitrogens with one attached hydrogen (secondary N) is 1. The van der Waals surface area contributed by atoms with Crippen LogP contribution in [0.3, 0.4) is 0 Å². The van der Waals surface area contributed by atoms with Crippen molar-refractivity contribution < 1.29 is 18.3 Å². The number of carboxylic acids is 1. The zero-order valence-corrected chi connectivity index (χ0v) is 13.1. The van der Waals surface area contributed by atoms with Gasteiger partial charge in [0.2, 0.25) is 10.0 Å². The molecule has 0 atom stereocenters. The molecule has 0 saturated carbocycles. The Hall–Kier alpha value is -0.920. The van der Waals surface area contributed by atoms with Crippen LogP contribution in [0.5, 0.6) is 0 Å². The molecule has 0 aliphatic heterocycles. The molecule has 2 N–H and O–H groups in total. The van der Waals surface area contributed by atoms with Gasteiger partial charge in [0.15, 0.2) is 0 Å². The first-order valence-corrected chi connectivity index (χ1v) is 8.14. The van der Waals surface area contributed by atoms with Gasteiger partial charge in [0.25, 0.3) is 0 Å². The fraction of sp³-hybridized carbons (Fsp3) is 0.417. The van der Waals surface area contributed by atoms with Crippen molar-refractivity contribution in [3.63, 3.8) is 0 Å². The number of halogens is 1. The lowest BCUT2D eigenvalue weighted by Crippen LogP contribution is -2.34. The van der Waals surface area contributed by atoms with E-state index in [9.17, 15) is 13.2 Å². The molecule has 19 heavy (non-hydrogen) atoms. The van der Waals surface area contributed by atoms with E-state index in [-0.39, 0.29) is 16.5 Å². The van der Waals surface area contributed by atoms with Crippen LogP contribution in [0.15, 0.2) is 27.6 Å². The Bertz CT molecular complexity index is 567. The van der Waals surface area contributed by atoms with Gasteiger partial charge in [-0.15, -0.1) is 0 Å². The summed E-state index contributed by atoms with van der Waals surface area (Å²) in [6.45, 7) is 3.78. The largest absolute Gasteiger partial charge is 0.478 e. The quantitative estimate of drug-likeness (QED) is 0.826. The highest BCUT2D eigenvalue weighted by molar-refractivity contribution is 9.10. The summed E-state index contributed by atoms with van der Waals surface area (Å²) in [5.41, 5.74) is -0.0619. The first-order valence-electron chi connectivity index (χ1n) is 5.87. The third kappa shape index (κ3) is 4.02. The Kier molecular flexibility index (Phi) is 5.51. The number of benzene rings is 1. The lowest BCUT2D eigenvalue weighted by atomic mass is 10.2. The molecule has 5 nitrogen and oxygen atoms in total. The van der Waals surface area contributed by atoms with Crippen LogP contribution < -0.4 is 4.72 Å². The Balaban J connectivity index is 3.20. The van der Waals surface area contributed by atoms with Crippen LogP contribution in [0.1, 0.15) is 37.0 Å². The van der Waals surface area contributed by atoms with Gasteiger partial charge in [-0.25, -0.2) is 17.9 Å². The molecule has 106 valence electrons. The third-order valence-corrected chi connectivity index (χ3v) is 5.29. The molecule has 0 radical (unpaired) electrons. The maximum atomic E-state index is 12.2. The molecule has 0 fully saturated rings. The Morgan fingerprint density at radius 1 is 1.37 bits per heavy atom. The van der Waals surface area contributed by atoms with Crippen LogP contribution in [-0.4, -0.2) is 25.5 Å². The van der Waals surface area contributed by atoms with E-state index in [1.54, 1.807) is 0 Å². The van der Waals surface area contributed by atoms with E-state index in [0.29, 0.717) is 17.3 Å². The Morgan fingerprint density at radius 2 is 1.95 bits per heavy atom. The number of aromatic carboxylic acids is 1. The van der Waals surface area contributed by atoms with Gasteiger partial charge in [-0.1, -0.05) is 13.8 Å². The van der Waals surface area contributed by atoms with Crippen molar-refractivity contribution in [2.75, 3.05) is 0 Å². The second-order valence-corrected chi connectivity index (χ2v) is 6.62. The lowest BCUT2D eigenvalue weighted by Gasteiger charge is -2.16. The molecule has 0 aliphatic carbocycles. The summed E-state index contributed by atoms with van der Waals surface area (Å²) in [4.78, 5) is 10.8. The molecule has 0 aromatic heterocycles. The molecule has 1 aromatic rings. The summed E-state index contributed by atoms with van der Waals surface area (Å²) in [6, 6.07) is 3.76. The van der Waals surface area contributed by atoms with E-state index in [2.05, 4.69) is 20.7 Å². The zero-order chi connectivity index (χ0) is 14.6. The van der Waals surface area contributed by atoms with Gasteiger partial charge < -0.3 is 5.11 Å². The van der Waals surface area contributed by atoms with Crippen molar-refractivity contribution in [1.82, 2.24) is 4.72 Å². The van der Waals surface area contributed by atoms with E-state index in [1.807, 2.05) is 13.8 Å². The van der Waals surface area contributed by atoms with Crippen molar-refractivity contribution in [3.05, 3.63) is 28.2 Å². The molecule has 1 aromatic carbocycles. The summed E-state index contributed by atoms with van der Waals surface area (Å²) in [7, 11) is -3.73. The molecule has 0 unspecified atom stereocenters. The topological polar surface area (TPSA) is 83.5 Å². The SMILES string of the molecule is CCC(CC)NS(=O)(=O)c1cc(C(=O)O)ccc1Br. The van der Waals surface area contributed by atoms with Crippen LogP contribution in [0.25, 0.3) is 0 Å². The van der Waals surface area contributed by atoms with Gasteiger partial charge in [0.05, 0.1) is 10.5 Å². The first-order chi connectivity index (χ1) is 8.81. The smallest absolute Gasteiger partial charge is 0.335 e. The van der Waals surface area contributed by atoms with E-state index in [1.165, 1.54) is 12.1 Å². The van der Waals surface area contributed by atoms with Crippen LogP contribution in [0.4, 0.5) is 0 Å². The predicted molar refractivity (Wildman–Crippen MR) is 75.8 cm³/mol. The highest BCUT2D eigenvalue weighted by Crippen LogP contribution is 2.23. The Morgan fingerprint density at radius 3 is 2.42 bits per heavy atom. The second kappa shape index (κ2) is 6.49. The minimum atomic E-state index is -3.73. The molecule has 0 amide bonds. The van der Waals surface area contributed by atoms with Crippen molar-refractivity contribution in [3.8, 4) is 0 Å². The minimum absolute atomic E-state index is 0.0562. The number of hydrogen-bond donors (Lipinski definition) is 2. The fourth-order valence-electron chi connectivity index (χ4n) is 1.58. The normalized spacial score (nSPS) is 11.8. The fourth-order valence-corrected chi connectivity index (χ4v) is 3.97. The summed E-state index contributed by atoms with van der Waals surface area (Å²) in [5, 5.41) is 8.91. The monoisotopic (exact) mass is 349 g/mol. The van der Waals surface area contributed by atoms with E-state index in [0.717, 1.165) is 6.07 Å². The van der Waals surface area contributed by atoms with Gasteiger partial charge in [0.1, 0.15) is 0 Å². The zero-order valence-electron chi connectivity index (χ0n) is 10.7. The van der Waals surface area contributed by atoms with Gasteiger partial charge >= 0.3 is 5.97 Å². The van der Waals surface area contributed by atoms with Gasteiger partial charge in [0, 0.05) is 10.5 Å². The molecular formula is C12H16BrNO4S. The van der Waals surface area contributed by atoms with Crippen molar-refractivity contribution in [1.29, 1.82) is 0 Å². The molecule has 1 rings (SSSR count). The minimum Gasteiger partial charge on any atom is -0.478 e. The van der Waals surface area contributed by atoms with E-state index >= 15 is 0 Å². The average molecular weight is 350 g/mol. The maximum Gasteiger partial charge on any atom is 0.335 e. The van der Waals surface area contributed by atoms with Crippen molar-refractivity contribution >= 4 is 31.9 Å². The highest BCUT2D eigenvalue weighted by Gasteiger charge is 2.22. The molecule has 0 saturated heterocycles. The number of sulfonamides is 1. The van der Waals surface area contributed by atoms with E-state index in [4.69, 9.17) is 5.11 Å². The van der Waals surface area contributed by atoms with Crippen molar-refractivity contribution in [2.24, 2.45) is 0 Å². The van der Waals surface area contributed by atoms with Gasteiger partial charge in [-0.05, 0) is 47.0 Å². The van der Waals surface area contributed by atoms with Crippen LogP contribution in [0.2, 0.25) is 0 Å². The number of hydrogen-bond acceptors (Lipinski definition) is 3.